The van der Waals surface area contributed by atoms with Gasteiger partial charge in [-0.3, -0.25) is 4.79 Å². The van der Waals surface area contributed by atoms with Gasteiger partial charge in [0, 0.05) is 21.6 Å². The lowest BCUT2D eigenvalue weighted by Gasteiger charge is -2.26. The number of nitrogens with zero attached hydrogens (tertiary/aromatic N) is 1. The Bertz CT molecular complexity index is 1210. The molecule has 1 aromatic heterocycles. The number of halogens is 1. The minimum atomic E-state index is -4.04. The van der Waals surface area contributed by atoms with Gasteiger partial charge in [-0.15, -0.1) is 0 Å². The number of hydrogen-bond acceptors (Lipinski definition) is 5. The van der Waals surface area contributed by atoms with Crippen LogP contribution in [0.15, 0.2) is 58.0 Å². The topological polar surface area (TPSA) is 85.4 Å². The second-order valence-corrected chi connectivity index (χ2v) is 9.40. The summed E-state index contributed by atoms with van der Waals surface area (Å²) in [6.07, 6.45) is 3.71. The Morgan fingerprint density at radius 2 is 1.97 bits per heavy atom. The number of rotatable bonds is 4. The van der Waals surface area contributed by atoms with Crippen molar-refractivity contribution >= 4 is 42.6 Å². The lowest BCUT2D eigenvalue weighted by molar-refractivity contribution is -0.121. The molecule has 4 rings (SSSR count). The number of fused-ring (bicyclic) bond motifs is 2. The fourth-order valence-electron chi connectivity index (χ4n) is 3.87. The lowest BCUT2D eigenvalue weighted by atomic mass is 9.83. The van der Waals surface area contributed by atoms with E-state index >= 15 is 0 Å². The Hall–Kier alpha value is -2.45. The van der Waals surface area contributed by atoms with Crippen molar-refractivity contribution in [2.75, 3.05) is 7.11 Å². The van der Waals surface area contributed by atoms with Gasteiger partial charge in [0.2, 0.25) is 11.8 Å². The molecule has 1 amide bonds. The molecule has 29 heavy (non-hydrogen) atoms. The van der Waals surface area contributed by atoms with Crippen LogP contribution in [-0.2, 0) is 21.2 Å². The first-order chi connectivity index (χ1) is 13.9. The average Bonchev–Trinajstić information content (AvgIpc) is 2.73. The summed E-state index contributed by atoms with van der Waals surface area (Å²) in [5.74, 6) is -0.869. The molecule has 0 saturated heterocycles. The summed E-state index contributed by atoms with van der Waals surface area (Å²) in [4.78, 5) is 17.4. The van der Waals surface area contributed by atoms with Crippen LogP contribution < -0.4 is 9.46 Å². The van der Waals surface area contributed by atoms with E-state index in [1.165, 1.54) is 13.2 Å². The fraction of sp³-hybridized carbons (Fsp3) is 0.238. The molecule has 6 nitrogen and oxygen atoms in total. The van der Waals surface area contributed by atoms with Gasteiger partial charge in [0.1, 0.15) is 0 Å². The molecule has 0 fully saturated rings. The summed E-state index contributed by atoms with van der Waals surface area (Å²) in [5.41, 5.74) is 1.59. The van der Waals surface area contributed by atoms with Gasteiger partial charge in [-0.25, -0.2) is 18.1 Å². The molecule has 150 valence electrons. The summed E-state index contributed by atoms with van der Waals surface area (Å²) >= 11 is 3.48. The largest absolute Gasteiger partial charge is 0.481 e. The normalized spacial score (nSPS) is 16.3. The molecule has 1 heterocycles. The first-order valence-corrected chi connectivity index (χ1v) is 11.5. The van der Waals surface area contributed by atoms with E-state index in [1.807, 2.05) is 18.2 Å². The fourth-order valence-corrected chi connectivity index (χ4v) is 5.64. The molecule has 0 bridgehead atoms. The maximum absolute atomic E-state index is 13.1. The Morgan fingerprint density at radius 3 is 2.76 bits per heavy atom. The monoisotopic (exact) mass is 474 g/mol. The zero-order valence-electron chi connectivity index (χ0n) is 15.7. The highest BCUT2D eigenvalue weighted by atomic mass is 79.9. The highest BCUT2D eigenvalue weighted by Crippen LogP contribution is 2.40. The van der Waals surface area contributed by atoms with Crippen LogP contribution in [0.3, 0.4) is 0 Å². The van der Waals surface area contributed by atoms with Crippen molar-refractivity contribution in [2.24, 2.45) is 0 Å². The van der Waals surface area contributed by atoms with Crippen LogP contribution in [0.4, 0.5) is 0 Å². The number of ether oxygens (including phenoxy) is 1. The number of pyridine rings is 1. The van der Waals surface area contributed by atoms with E-state index in [4.69, 9.17) is 4.74 Å². The second kappa shape index (κ2) is 7.76. The van der Waals surface area contributed by atoms with Gasteiger partial charge >= 0.3 is 0 Å². The zero-order valence-corrected chi connectivity index (χ0v) is 18.1. The van der Waals surface area contributed by atoms with Crippen molar-refractivity contribution in [3.63, 3.8) is 0 Å². The number of aromatic nitrogens is 1. The van der Waals surface area contributed by atoms with Gasteiger partial charge in [0.05, 0.1) is 17.9 Å². The van der Waals surface area contributed by atoms with Crippen molar-refractivity contribution < 1.29 is 17.9 Å². The molecule has 0 spiro atoms. The summed E-state index contributed by atoms with van der Waals surface area (Å²) in [5, 5.41) is 1.36. The molecule has 3 aromatic rings. The minimum Gasteiger partial charge on any atom is -0.481 e. The molecule has 0 saturated carbocycles. The van der Waals surface area contributed by atoms with Gasteiger partial charge in [-0.05, 0) is 52.2 Å². The van der Waals surface area contributed by atoms with Crippen LogP contribution in [0.1, 0.15) is 29.9 Å². The Balaban J connectivity index is 1.72. The quantitative estimate of drug-likeness (QED) is 0.618. The standard InChI is InChI=1S/C21H19BrN2O4S/c1-28-21-19-15(17(22)12-23-21)9-5-10-16(19)20(25)24-29(26,27)18-11-4-7-13-6-2-3-8-14(13)18/h2-4,6-8,11-12,16H,5,9-10H2,1H3,(H,24,25)/t16-/m1/s1. The number of hydrogen-bond donors (Lipinski definition) is 1. The van der Waals surface area contributed by atoms with Gasteiger partial charge in [-0.2, -0.15) is 0 Å². The maximum Gasteiger partial charge on any atom is 0.264 e. The van der Waals surface area contributed by atoms with Crippen LogP contribution in [0, 0.1) is 0 Å². The van der Waals surface area contributed by atoms with Crippen molar-refractivity contribution in [1.82, 2.24) is 9.71 Å². The first kappa shape index (κ1) is 19.8. The van der Waals surface area contributed by atoms with E-state index in [2.05, 4.69) is 25.6 Å². The van der Waals surface area contributed by atoms with Crippen LogP contribution in [0.2, 0.25) is 0 Å². The molecular formula is C21H19BrN2O4S. The lowest BCUT2D eigenvalue weighted by Crippen LogP contribution is -2.36. The number of carbonyl (C=O) groups is 1. The predicted molar refractivity (Wildman–Crippen MR) is 113 cm³/mol. The first-order valence-electron chi connectivity index (χ1n) is 9.18. The zero-order chi connectivity index (χ0) is 20.6. The Labute approximate surface area is 177 Å². The second-order valence-electron chi connectivity index (χ2n) is 6.90. The van der Waals surface area contributed by atoms with Crippen LogP contribution >= 0.6 is 15.9 Å². The number of nitrogens with one attached hydrogen (secondary N) is 1. The van der Waals surface area contributed by atoms with E-state index in [0.717, 1.165) is 28.3 Å². The maximum atomic E-state index is 13.1. The summed E-state index contributed by atoms with van der Waals surface area (Å²) in [6, 6.07) is 12.2. The van der Waals surface area contributed by atoms with Crippen LogP contribution in [-0.4, -0.2) is 26.4 Å². The van der Waals surface area contributed by atoms with Crippen molar-refractivity contribution in [3.8, 4) is 5.88 Å². The van der Waals surface area contributed by atoms with E-state index in [-0.39, 0.29) is 4.90 Å². The van der Waals surface area contributed by atoms with Gasteiger partial charge in [0.15, 0.2) is 0 Å². The molecule has 0 aliphatic heterocycles. The SMILES string of the molecule is COc1ncc(Br)c2c1[C@H](C(=O)NS(=O)(=O)c1cccc3ccccc13)CCC2. The average molecular weight is 475 g/mol. The van der Waals surface area contributed by atoms with Gasteiger partial charge in [-0.1, -0.05) is 36.4 Å². The molecule has 1 aliphatic rings. The Morgan fingerprint density at radius 1 is 1.21 bits per heavy atom. The molecule has 0 unspecified atom stereocenters. The summed E-state index contributed by atoms with van der Waals surface area (Å²) < 4.78 is 34.5. The third-order valence-corrected chi connectivity index (χ3v) is 7.28. The number of benzene rings is 2. The highest BCUT2D eigenvalue weighted by Gasteiger charge is 2.34. The third kappa shape index (κ3) is 3.62. The number of methoxy groups -OCH3 is 1. The van der Waals surface area contributed by atoms with Crippen molar-refractivity contribution in [3.05, 3.63) is 64.3 Å². The summed E-state index contributed by atoms with van der Waals surface area (Å²) in [7, 11) is -2.55. The molecular weight excluding hydrogens is 456 g/mol. The minimum absolute atomic E-state index is 0.0827. The summed E-state index contributed by atoms with van der Waals surface area (Å²) in [6.45, 7) is 0. The number of carbonyl (C=O) groups excluding carboxylic acids is 1. The molecule has 1 atom stereocenters. The predicted octanol–water partition coefficient (Wildman–Crippen LogP) is 3.93. The van der Waals surface area contributed by atoms with E-state index in [0.29, 0.717) is 23.3 Å². The van der Waals surface area contributed by atoms with Crippen LogP contribution in [0.5, 0.6) is 5.88 Å². The van der Waals surface area contributed by atoms with E-state index < -0.39 is 21.8 Å². The molecule has 0 radical (unpaired) electrons. The van der Waals surface area contributed by atoms with Gasteiger partial charge < -0.3 is 4.74 Å². The molecule has 1 N–H and O–H groups in total. The Kier molecular flexibility index (Phi) is 5.31. The molecule has 1 aliphatic carbocycles. The van der Waals surface area contributed by atoms with Gasteiger partial charge in [0.25, 0.3) is 10.0 Å². The molecule has 8 heteroatoms. The van der Waals surface area contributed by atoms with E-state index in [9.17, 15) is 13.2 Å². The third-order valence-electron chi connectivity index (χ3n) is 5.19. The van der Waals surface area contributed by atoms with Crippen molar-refractivity contribution in [1.29, 1.82) is 0 Å². The van der Waals surface area contributed by atoms with Crippen LogP contribution in [0.25, 0.3) is 10.8 Å². The number of amides is 1. The van der Waals surface area contributed by atoms with Crippen molar-refractivity contribution in [2.45, 2.75) is 30.1 Å². The smallest absolute Gasteiger partial charge is 0.264 e. The highest BCUT2D eigenvalue weighted by molar-refractivity contribution is 9.10. The number of sulfonamides is 1. The molecule has 2 aromatic carbocycles. The van der Waals surface area contributed by atoms with E-state index in [1.54, 1.807) is 24.4 Å².